The summed E-state index contributed by atoms with van der Waals surface area (Å²) in [6, 6.07) is 3.09. The van der Waals surface area contributed by atoms with Gasteiger partial charge >= 0.3 is 11.9 Å². The molecule has 1 rings (SSSR count). The van der Waals surface area contributed by atoms with Gasteiger partial charge in [-0.2, -0.15) is 0 Å². The Bertz CT molecular complexity index is 502. The third-order valence-electron chi connectivity index (χ3n) is 2.60. The molecule has 1 aromatic rings. The summed E-state index contributed by atoms with van der Waals surface area (Å²) in [4.78, 5) is 22.0. The van der Waals surface area contributed by atoms with Crippen LogP contribution in [0.4, 0.5) is 4.39 Å². The molecule has 0 radical (unpaired) electrons. The topological polar surface area (TPSA) is 104 Å². The van der Waals surface area contributed by atoms with E-state index >= 15 is 0 Å². The second kappa shape index (κ2) is 6.97. The molecule has 0 heterocycles. The average molecular weight is 286 g/mol. The van der Waals surface area contributed by atoms with Crippen LogP contribution in [0.15, 0.2) is 18.2 Å². The summed E-state index contributed by atoms with van der Waals surface area (Å²) in [5.41, 5.74) is -0.0531. The van der Waals surface area contributed by atoms with E-state index in [-0.39, 0.29) is 17.7 Å². The van der Waals surface area contributed by atoms with Crippen molar-refractivity contribution < 1.29 is 34.0 Å². The number of esters is 1. The molecular weight excluding hydrogens is 271 g/mol. The van der Waals surface area contributed by atoms with Gasteiger partial charge in [-0.05, 0) is 30.2 Å². The number of carboxylic acids is 1. The Morgan fingerprint density at radius 3 is 2.55 bits per heavy atom. The summed E-state index contributed by atoms with van der Waals surface area (Å²) in [5.74, 6) is -2.97. The quantitative estimate of drug-likeness (QED) is 0.654. The number of halogens is 1. The van der Waals surface area contributed by atoms with Gasteiger partial charge in [0.15, 0.2) is 6.10 Å². The molecule has 2 unspecified atom stereocenters. The summed E-state index contributed by atoms with van der Waals surface area (Å²) in [6.07, 6.45) is -4.15. The number of aliphatic carboxylic acids is 1. The largest absolute Gasteiger partial charge is 0.481 e. The molecule has 0 bridgehead atoms. The Balaban J connectivity index is 3.06. The van der Waals surface area contributed by atoms with Gasteiger partial charge in [-0.25, -0.2) is 9.18 Å². The third kappa shape index (κ3) is 4.01. The highest BCUT2D eigenvalue weighted by molar-refractivity contribution is 5.76. The zero-order chi connectivity index (χ0) is 15.3. The smallest absolute Gasteiger partial charge is 0.338 e. The van der Waals surface area contributed by atoms with E-state index in [4.69, 9.17) is 5.11 Å². The molecule has 0 aliphatic heterocycles. The van der Waals surface area contributed by atoms with Crippen LogP contribution in [0, 0.1) is 5.82 Å². The van der Waals surface area contributed by atoms with E-state index in [1.54, 1.807) is 0 Å². The van der Waals surface area contributed by atoms with Crippen molar-refractivity contribution in [1.29, 1.82) is 0 Å². The Labute approximate surface area is 114 Å². The Kier molecular flexibility index (Phi) is 5.60. The van der Waals surface area contributed by atoms with Crippen LogP contribution in [0.3, 0.4) is 0 Å². The zero-order valence-electron chi connectivity index (χ0n) is 10.7. The molecule has 0 spiro atoms. The molecule has 3 N–H and O–H groups in total. The number of carbonyl (C=O) groups excluding carboxylic acids is 1. The normalized spacial score (nSPS) is 13.6. The highest BCUT2D eigenvalue weighted by Gasteiger charge is 2.29. The molecule has 20 heavy (non-hydrogen) atoms. The molecule has 6 nitrogen and oxygen atoms in total. The molecular formula is C13H15FO6. The lowest BCUT2D eigenvalue weighted by atomic mass is 9.96. The summed E-state index contributed by atoms with van der Waals surface area (Å²) in [5, 5.41) is 28.3. The van der Waals surface area contributed by atoms with Crippen molar-refractivity contribution in [2.24, 2.45) is 0 Å². The first-order valence-electron chi connectivity index (χ1n) is 5.89. The van der Waals surface area contributed by atoms with E-state index < -0.39 is 36.4 Å². The van der Waals surface area contributed by atoms with E-state index in [9.17, 15) is 24.2 Å². The molecule has 0 aliphatic rings. The van der Waals surface area contributed by atoms with Crippen molar-refractivity contribution in [2.75, 3.05) is 6.61 Å². The van der Waals surface area contributed by atoms with Gasteiger partial charge in [0.05, 0.1) is 13.0 Å². The molecule has 0 aliphatic carbocycles. The first-order chi connectivity index (χ1) is 9.36. The number of benzene rings is 1. The van der Waals surface area contributed by atoms with Crippen molar-refractivity contribution in [3.8, 4) is 0 Å². The highest BCUT2D eigenvalue weighted by Crippen LogP contribution is 2.23. The first kappa shape index (κ1) is 16.1. The minimum atomic E-state index is -1.91. The van der Waals surface area contributed by atoms with Gasteiger partial charge in [-0.1, -0.05) is 6.07 Å². The maximum absolute atomic E-state index is 13.2. The monoisotopic (exact) mass is 286 g/mol. The minimum absolute atomic E-state index is 0.00769. The van der Waals surface area contributed by atoms with Crippen LogP contribution >= 0.6 is 0 Å². The van der Waals surface area contributed by atoms with Gasteiger partial charge in [-0.3, -0.25) is 4.79 Å². The highest BCUT2D eigenvalue weighted by atomic mass is 19.1. The lowest BCUT2D eigenvalue weighted by Gasteiger charge is -2.19. The SMILES string of the molecule is CCOC(=O)C(O)C(O)c1cc(F)ccc1CC(=O)O. The molecule has 0 aromatic heterocycles. The first-order valence-corrected chi connectivity index (χ1v) is 5.89. The zero-order valence-corrected chi connectivity index (χ0v) is 10.7. The molecule has 0 saturated heterocycles. The van der Waals surface area contributed by atoms with Crippen molar-refractivity contribution >= 4 is 11.9 Å². The van der Waals surface area contributed by atoms with Gasteiger partial charge in [0.25, 0.3) is 0 Å². The van der Waals surface area contributed by atoms with Gasteiger partial charge in [0.1, 0.15) is 11.9 Å². The number of rotatable bonds is 6. The lowest BCUT2D eigenvalue weighted by molar-refractivity contribution is -0.159. The van der Waals surface area contributed by atoms with Gasteiger partial charge in [0, 0.05) is 0 Å². The third-order valence-corrected chi connectivity index (χ3v) is 2.60. The number of hydrogen-bond acceptors (Lipinski definition) is 5. The Hall–Kier alpha value is -1.99. The summed E-state index contributed by atoms with van der Waals surface area (Å²) in [7, 11) is 0. The van der Waals surface area contributed by atoms with Crippen LogP contribution in [0.25, 0.3) is 0 Å². The standard InChI is InChI=1S/C13H15FO6/c1-2-20-13(19)12(18)11(17)9-6-8(14)4-3-7(9)5-10(15)16/h3-4,6,11-12,17-18H,2,5H2,1H3,(H,15,16). The Morgan fingerprint density at radius 1 is 1.35 bits per heavy atom. The summed E-state index contributed by atoms with van der Waals surface area (Å²) < 4.78 is 17.7. The van der Waals surface area contributed by atoms with Crippen molar-refractivity contribution in [1.82, 2.24) is 0 Å². The molecule has 0 fully saturated rings. The number of carbonyl (C=O) groups is 2. The molecule has 2 atom stereocenters. The average Bonchev–Trinajstić information content (AvgIpc) is 2.39. The predicted molar refractivity (Wildman–Crippen MR) is 65.3 cm³/mol. The van der Waals surface area contributed by atoms with Crippen LogP contribution in [0.2, 0.25) is 0 Å². The predicted octanol–water partition coefficient (Wildman–Crippen LogP) is 0.410. The van der Waals surface area contributed by atoms with Gasteiger partial charge < -0.3 is 20.1 Å². The number of aliphatic hydroxyl groups excluding tert-OH is 2. The number of hydrogen-bond donors (Lipinski definition) is 3. The summed E-state index contributed by atoms with van der Waals surface area (Å²) in [6.45, 7) is 1.53. The second-order valence-electron chi connectivity index (χ2n) is 4.06. The van der Waals surface area contributed by atoms with E-state index in [0.29, 0.717) is 0 Å². The van der Waals surface area contributed by atoms with Crippen LogP contribution in [-0.2, 0) is 20.7 Å². The van der Waals surface area contributed by atoms with Crippen LogP contribution in [0.1, 0.15) is 24.2 Å². The van der Waals surface area contributed by atoms with Crippen LogP contribution in [-0.4, -0.2) is 40.0 Å². The van der Waals surface area contributed by atoms with Crippen LogP contribution in [0.5, 0.6) is 0 Å². The van der Waals surface area contributed by atoms with Gasteiger partial charge in [0.2, 0.25) is 0 Å². The van der Waals surface area contributed by atoms with E-state index in [1.165, 1.54) is 13.0 Å². The van der Waals surface area contributed by atoms with Crippen molar-refractivity contribution in [3.63, 3.8) is 0 Å². The summed E-state index contributed by atoms with van der Waals surface area (Å²) >= 11 is 0. The fraction of sp³-hybridized carbons (Fsp3) is 0.385. The number of aliphatic hydroxyl groups is 2. The molecule has 0 amide bonds. The number of ether oxygens (including phenoxy) is 1. The molecule has 7 heteroatoms. The molecule has 1 aromatic carbocycles. The van der Waals surface area contributed by atoms with E-state index in [1.807, 2.05) is 0 Å². The molecule has 0 saturated carbocycles. The second-order valence-corrected chi connectivity index (χ2v) is 4.06. The fourth-order valence-electron chi connectivity index (χ4n) is 1.69. The number of carboxylic acid groups (broad SMARTS) is 1. The maximum atomic E-state index is 13.2. The molecule has 110 valence electrons. The Morgan fingerprint density at radius 2 is 2.00 bits per heavy atom. The minimum Gasteiger partial charge on any atom is -0.481 e. The van der Waals surface area contributed by atoms with Crippen molar-refractivity contribution in [2.45, 2.75) is 25.6 Å². The van der Waals surface area contributed by atoms with Gasteiger partial charge in [-0.15, -0.1) is 0 Å². The van der Waals surface area contributed by atoms with Crippen LogP contribution < -0.4 is 0 Å². The van der Waals surface area contributed by atoms with Crippen molar-refractivity contribution in [3.05, 3.63) is 35.1 Å². The maximum Gasteiger partial charge on any atom is 0.338 e. The van der Waals surface area contributed by atoms with E-state index in [2.05, 4.69) is 4.74 Å². The van der Waals surface area contributed by atoms with E-state index in [0.717, 1.165) is 12.1 Å². The fourth-order valence-corrected chi connectivity index (χ4v) is 1.69. The lowest BCUT2D eigenvalue weighted by Crippen LogP contribution is -2.30.